The molecule has 3 nitrogen and oxygen atoms in total. The predicted octanol–water partition coefficient (Wildman–Crippen LogP) is 3.54. The zero-order valence-corrected chi connectivity index (χ0v) is 14.5. The van der Waals surface area contributed by atoms with Crippen molar-refractivity contribution in [1.29, 1.82) is 0 Å². The highest BCUT2D eigenvalue weighted by molar-refractivity contribution is 7.10. The predicted molar refractivity (Wildman–Crippen MR) is 91.0 cm³/mol. The lowest BCUT2D eigenvalue weighted by molar-refractivity contribution is -0.00551. The van der Waals surface area contributed by atoms with Gasteiger partial charge < -0.3 is 10.1 Å². The first-order valence-corrected chi connectivity index (χ1v) is 9.07. The molecule has 21 heavy (non-hydrogen) atoms. The Morgan fingerprint density at radius 3 is 2.81 bits per heavy atom. The lowest BCUT2D eigenvalue weighted by Crippen LogP contribution is -2.47. The molecule has 1 aliphatic heterocycles. The molecule has 1 unspecified atom stereocenters. The molecular weight excluding hydrogens is 280 g/mol. The van der Waals surface area contributed by atoms with E-state index in [-0.39, 0.29) is 0 Å². The first-order chi connectivity index (χ1) is 10.2. The number of nitrogens with one attached hydrogen (secondary N) is 1. The normalized spacial score (nSPS) is 19.8. The summed E-state index contributed by atoms with van der Waals surface area (Å²) in [4.78, 5) is 3.98. The summed E-state index contributed by atoms with van der Waals surface area (Å²) in [6.07, 6.45) is 3.55. The number of nitrogens with zero attached hydrogens (tertiary/aromatic N) is 1. The summed E-state index contributed by atoms with van der Waals surface area (Å²) in [5.74, 6) is 0. The van der Waals surface area contributed by atoms with E-state index in [0.717, 1.165) is 32.8 Å². The Bertz CT molecular complexity index is 388. The summed E-state index contributed by atoms with van der Waals surface area (Å²) < 4.78 is 5.60. The molecule has 1 fully saturated rings. The first-order valence-electron chi connectivity index (χ1n) is 8.19. The zero-order valence-electron chi connectivity index (χ0n) is 13.7. The van der Waals surface area contributed by atoms with Crippen LogP contribution in [0.3, 0.4) is 0 Å². The molecule has 1 N–H and O–H groups in total. The van der Waals surface area contributed by atoms with Gasteiger partial charge in [-0.2, -0.15) is 0 Å². The number of thiophene rings is 1. The third-order valence-electron chi connectivity index (χ3n) is 4.68. The summed E-state index contributed by atoms with van der Waals surface area (Å²) in [6.45, 7) is 9.75. The van der Waals surface area contributed by atoms with E-state index < -0.39 is 0 Å². The lowest BCUT2D eigenvalue weighted by atomic mass is 9.79. The molecule has 0 aromatic carbocycles. The van der Waals surface area contributed by atoms with E-state index in [2.05, 4.69) is 48.6 Å². The van der Waals surface area contributed by atoms with Crippen molar-refractivity contribution in [2.75, 3.05) is 39.9 Å². The minimum Gasteiger partial charge on any atom is -0.381 e. The van der Waals surface area contributed by atoms with Gasteiger partial charge in [0.1, 0.15) is 0 Å². The number of rotatable bonds is 8. The molecule has 0 amide bonds. The summed E-state index contributed by atoms with van der Waals surface area (Å²) in [5.41, 5.74) is 0.369. The Morgan fingerprint density at radius 2 is 2.19 bits per heavy atom. The second-order valence-electron chi connectivity index (χ2n) is 6.40. The van der Waals surface area contributed by atoms with Crippen molar-refractivity contribution in [3.63, 3.8) is 0 Å². The molecule has 1 saturated heterocycles. The second kappa shape index (κ2) is 8.28. The van der Waals surface area contributed by atoms with E-state index in [1.165, 1.54) is 24.1 Å². The quantitative estimate of drug-likeness (QED) is 0.743. The number of hydrogen-bond acceptors (Lipinski definition) is 4. The minimum absolute atomic E-state index is 0.369. The molecule has 2 rings (SSSR count). The van der Waals surface area contributed by atoms with Gasteiger partial charge >= 0.3 is 0 Å². The molecule has 4 heteroatoms. The van der Waals surface area contributed by atoms with Crippen LogP contribution in [0.5, 0.6) is 0 Å². The molecule has 1 aromatic rings. The van der Waals surface area contributed by atoms with Gasteiger partial charge in [0, 0.05) is 37.2 Å². The Kier molecular flexibility index (Phi) is 6.68. The summed E-state index contributed by atoms with van der Waals surface area (Å²) in [7, 11) is 2.27. The number of hydrogen-bond donors (Lipinski definition) is 1. The first kappa shape index (κ1) is 16.9. The molecule has 0 spiro atoms. The van der Waals surface area contributed by atoms with Gasteiger partial charge in [0.05, 0.1) is 0 Å². The van der Waals surface area contributed by atoms with Gasteiger partial charge in [0.2, 0.25) is 0 Å². The largest absolute Gasteiger partial charge is 0.381 e. The van der Waals surface area contributed by atoms with E-state index in [9.17, 15) is 0 Å². The van der Waals surface area contributed by atoms with Crippen LogP contribution in [-0.2, 0) is 4.74 Å². The minimum atomic E-state index is 0.369. The van der Waals surface area contributed by atoms with E-state index in [1.807, 2.05) is 11.3 Å². The van der Waals surface area contributed by atoms with Crippen LogP contribution in [0, 0.1) is 5.41 Å². The third-order valence-corrected chi connectivity index (χ3v) is 5.72. The van der Waals surface area contributed by atoms with Crippen LogP contribution in [0.1, 0.15) is 44.0 Å². The number of ether oxygens (including phenoxy) is 1. The standard InChI is InChI=1S/C17H30N2OS/c1-4-9-18-13-17(7-10-20-11-8-17)14-19(3)15(2)16-6-5-12-21-16/h5-6,12,15,18H,4,7-11,13-14H2,1-3H3. The molecule has 1 atom stereocenters. The monoisotopic (exact) mass is 310 g/mol. The second-order valence-corrected chi connectivity index (χ2v) is 7.37. The van der Waals surface area contributed by atoms with Crippen molar-refractivity contribution in [2.24, 2.45) is 5.41 Å². The summed E-state index contributed by atoms with van der Waals surface area (Å²) in [5, 5.41) is 5.82. The third kappa shape index (κ3) is 4.78. The van der Waals surface area contributed by atoms with Crippen molar-refractivity contribution in [1.82, 2.24) is 10.2 Å². The molecule has 0 bridgehead atoms. The topological polar surface area (TPSA) is 24.5 Å². The SMILES string of the molecule is CCCNCC1(CN(C)C(C)c2cccs2)CCOCC1. The van der Waals surface area contributed by atoms with Gasteiger partial charge in [-0.15, -0.1) is 11.3 Å². The van der Waals surface area contributed by atoms with Crippen molar-refractivity contribution in [2.45, 2.75) is 39.2 Å². The maximum Gasteiger partial charge on any atom is 0.0472 e. The highest BCUT2D eigenvalue weighted by Gasteiger charge is 2.34. The maximum absolute atomic E-state index is 5.60. The Balaban J connectivity index is 1.96. The van der Waals surface area contributed by atoms with Gasteiger partial charge in [-0.3, -0.25) is 4.90 Å². The smallest absolute Gasteiger partial charge is 0.0472 e. The lowest BCUT2D eigenvalue weighted by Gasteiger charge is -2.41. The molecule has 0 saturated carbocycles. The van der Waals surface area contributed by atoms with Crippen LogP contribution >= 0.6 is 11.3 Å². The van der Waals surface area contributed by atoms with Crippen LogP contribution in [0.15, 0.2) is 17.5 Å². The zero-order chi connectivity index (χ0) is 15.1. The average molecular weight is 311 g/mol. The van der Waals surface area contributed by atoms with Crippen molar-refractivity contribution < 1.29 is 4.74 Å². The summed E-state index contributed by atoms with van der Waals surface area (Å²) in [6, 6.07) is 4.89. The van der Waals surface area contributed by atoms with Crippen LogP contribution in [0.25, 0.3) is 0 Å². The van der Waals surface area contributed by atoms with Gasteiger partial charge in [-0.25, -0.2) is 0 Å². The van der Waals surface area contributed by atoms with Crippen LogP contribution in [0.2, 0.25) is 0 Å². The van der Waals surface area contributed by atoms with Crippen LogP contribution in [0.4, 0.5) is 0 Å². The van der Waals surface area contributed by atoms with Crippen molar-refractivity contribution >= 4 is 11.3 Å². The van der Waals surface area contributed by atoms with Crippen LogP contribution in [-0.4, -0.2) is 44.8 Å². The van der Waals surface area contributed by atoms with Crippen molar-refractivity contribution in [3.05, 3.63) is 22.4 Å². The highest BCUT2D eigenvalue weighted by Crippen LogP contribution is 2.34. The Hall–Kier alpha value is -0.420. The van der Waals surface area contributed by atoms with E-state index >= 15 is 0 Å². The highest BCUT2D eigenvalue weighted by atomic mass is 32.1. The Morgan fingerprint density at radius 1 is 1.43 bits per heavy atom. The molecule has 1 aliphatic rings. The van der Waals surface area contributed by atoms with E-state index in [0.29, 0.717) is 11.5 Å². The fourth-order valence-corrected chi connectivity index (χ4v) is 3.99. The van der Waals surface area contributed by atoms with E-state index in [1.54, 1.807) is 0 Å². The molecular formula is C17H30N2OS. The molecule has 2 heterocycles. The molecule has 1 aromatic heterocycles. The molecule has 120 valence electrons. The maximum atomic E-state index is 5.60. The van der Waals surface area contributed by atoms with Gasteiger partial charge in [-0.05, 0) is 56.6 Å². The average Bonchev–Trinajstić information content (AvgIpc) is 3.02. The Labute approximate surface area is 133 Å². The van der Waals surface area contributed by atoms with E-state index in [4.69, 9.17) is 4.74 Å². The van der Waals surface area contributed by atoms with Crippen LogP contribution < -0.4 is 5.32 Å². The molecule has 0 radical (unpaired) electrons. The van der Waals surface area contributed by atoms with Gasteiger partial charge in [0.25, 0.3) is 0 Å². The van der Waals surface area contributed by atoms with Crippen molar-refractivity contribution in [3.8, 4) is 0 Å². The fraction of sp³-hybridized carbons (Fsp3) is 0.765. The van der Waals surface area contributed by atoms with Gasteiger partial charge in [-0.1, -0.05) is 13.0 Å². The van der Waals surface area contributed by atoms with Gasteiger partial charge in [0.15, 0.2) is 0 Å². The molecule has 0 aliphatic carbocycles. The summed E-state index contributed by atoms with van der Waals surface area (Å²) >= 11 is 1.86. The fourth-order valence-electron chi connectivity index (χ4n) is 3.14.